The predicted octanol–water partition coefficient (Wildman–Crippen LogP) is 4.25. The van der Waals surface area contributed by atoms with Gasteiger partial charge < -0.3 is 15.4 Å². The maximum atomic E-state index is 12.9. The Balaban J connectivity index is 1.34. The van der Waals surface area contributed by atoms with E-state index in [1.165, 1.54) is 0 Å². The number of para-hydroxylation sites is 2. The molecule has 0 radical (unpaired) electrons. The number of carbonyl (C=O) groups excluding carboxylic acids is 2. The summed E-state index contributed by atoms with van der Waals surface area (Å²) in [6, 6.07) is 14.1. The smallest absolute Gasteiger partial charge is 0.255 e. The fraction of sp³-hybridized carbons (Fsp3) is 0.292. The van der Waals surface area contributed by atoms with E-state index >= 15 is 0 Å². The molecule has 1 aliphatic heterocycles. The number of hydrogen-bond acceptors (Lipinski definition) is 6. The van der Waals surface area contributed by atoms with Crippen LogP contribution in [0.4, 0.5) is 11.4 Å². The Morgan fingerprint density at radius 1 is 1.06 bits per heavy atom. The van der Waals surface area contributed by atoms with Crippen molar-refractivity contribution in [3.63, 3.8) is 0 Å². The molecule has 0 aliphatic carbocycles. The number of rotatable bonds is 7. The van der Waals surface area contributed by atoms with Gasteiger partial charge in [0, 0.05) is 23.1 Å². The highest BCUT2D eigenvalue weighted by Crippen LogP contribution is 2.26. The van der Waals surface area contributed by atoms with Crippen molar-refractivity contribution < 1.29 is 14.3 Å². The zero-order chi connectivity index (χ0) is 22.3. The molecule has 2 N–H and O–H groups in total. The van der Waals surface area contributed by atoms with E-state index in [-0.39, 0.29) is 17.7 Å². The van der Waals surface area contributed by atoms with Gasteiger partial charge in [-0.25, -0.2) is 4.98 Å². The molecule has 0 atom stereocenters. The molecule has 2 heterocycles. The van der Waals surface area contributed by atoms with Crippen molar-refractivity contribution in [1.82, 2.24) is 9.88 Å². The second-order valence-corrected chi connectivity index (χ2v) is 8.67. The first kappa shape index (κ1) is 22.0. The van der Waals surface area contributed by atoms with E-state index in [2.05, 4.69) is 20.5 Å². The van der Waals surface area contributed by atoms with E-state index in [9.17, 15) is 9.59 Å². The zero-order valence-electron chi connectivity index (χ0n) is 17.9. The number of piperidine rings is 1. The lowest BCUT2D eigenvalue weighted by Gasteiger charge is -2.30. The van der Waals surface area contributed by atoms with Gasteiger partial charge in [-0.1, -0.05) is 12.1 Å². The van der Waals surface area contributed by atoms with E-state index in [1.807, 2.05) is 23.7 Å². The fourth-order valence-electron chi connectivity index (χ4n) is 3.75. The number of nitrogens with one attached hydrogen (secondary N) is 2. The minimum absolute atomic E-state index is 0.00922. The van der Waals surface area contributed by atoms with Crippen molar-refractivity contribution in [3.8, 4) is 5.75 Å². The summed E-state index contributed by atoms with van der Waals surface area (Å²) in [4.78, 5) is 32.2. The molecule has 2 amide bonds. The Bertz CT molecular complexity index is 1050. The summed E-state index contributed by atoms with van der Waals surface area (Å²) in [6.07, 6.45) is 3.43. The molecule has 0 spiro atoms. The van der Waals surface area contributed by atoms with E-state index in [0.29, 0.717) is 22.7 Å². The van der Waals surface area contributed by atoms with Crippen LogP contribution in [-0.2, 0) is 11.3 Å². The number of likely N-dealkylation sites (tertiary alicyclic amines) is 1. The number of methoxy groups -OCH3 is 1. The molecule has 1 fully saturated rings. The average Bonchev–Trinajstić information content (AvgIpc) is 3.34. The van der Waals surface area contributed by atoms with Crippen LogP contribution in [-0.4, -0.2) is 41.9 Å². The maximum Gasteiger partial charge on any atom is 0.255 e. The lowest BCUT2D eigenvalue weighted by molar-refractivity contribution is -0.121. The number of benzene rings is 2. The summed E-state index contributed by atoms with van der Waals surface area (Å²) in [6.45, 7) is 2.58. The first-order valence-corrected chi connectivity index (χ1v) is 11.5. The maximum absolute atomic E-state index is 12.9. The highest BCUT2D eigenvalue weighted by Gasteiger charge is 2.26. The second-order valence-electron chi connectivity index (χ2n) is 7.69. The molecule has 0 bridgehead atoms. The number of aromatic nitrogens is 1. The number of carbonyl (C=O) groups is 2. The predicted molar refractivity (Wildman–Crippen MR) is 126 cm³/mol. The summed E-state index contributed by atoms with van der Waals surface area (Å²) in [7, 11) is 1.58. The van der Waals surface area contributed by atoms with E-state index < -0.39 is 0 Å². The summed E-state index contributed by atoms with van der Waals surface area (Å²) in [5, 5.41) is 9.00. The van der Waals surface area contributed by atoms with Gasteiger partial charge in [-0.3, -0.25) is 14.5 Å². The van der Waals surface area contributed by atoms with Crippen molar-refractivity contribution in [1.29, 1.82) is 0 Å². The van der Waals surface area contributed by atoms with Gasteiger partial charge in [0.05, 0.1) is 25.0 Å². The highest BCUT2D eigenvalue weighted by atomic mass is 32.1. The Morgan fingerprint density at radius 2 is 1.75 bits per heavy atom. The standard InChI is InChI=1S/C24H26N4O3S/c1-31-19-8-6-17(7-9-19)23(29)26-20-4-2-3-5-21(20)27-24(30)18-10-13-28(14-11-18)16-22-25-12-15-32-22/h2-9,12,15,18H,10-11,13-14,16H2,1H3,(H,26,29)(H,27,30). The van der Waals surface area contributed by atoms with Crippen LogP contribution in [0.2, 0.25) is 0 Å². The van der Waals surface area contributed by atoms with Gasteiger partial charge in [-0.15, -0.1) is 11.3 Å². The molecule has 0 unspecified atom stereocenters. The SMILES string of the molecule is COc1ccc(C(=O)Nc2ccccc2NC(=O)C2CCN(Cc3nccs3)CC2)cc1. The molecule has 2 aromatic carbocycles. The van der Waals surface area contributed by atoms with Gasteiger partial charge in [-0.2, -0.15) is 0 Å². The van der Waals surface area contributed by atoms with Crippen molar-refractivity contribution in [2.45, 2.75) is 19.4 Å². The molecule has 3 aromatic rings. The molecule has 32 heavy (non-hydrogen) atoms. The Hall–Kier alpha value is -3.23. The van der Waals surface area contributed by atoms with E-state index in [1.54, 1.807) is 54.8 Å². The second kappa shape index (κ2) is 10.4. The van der Waals surface area contributed by atoms with E-state index in [4.69, 9.17) is 4.74 Å². The molecule has 166 valence electrons. The lowest BCUT2D eigenvalue weighted by Crippen LogP contribution is -2.37. The summed E-state index contributed by atoms with van der Waals surface area (Å²) < 4.78 is 5.14. The van der Waals surface area contributed by atoms with Crippen LogP contribution in [0, 0.1) is 5.92 Å². The van der Waals surface area contributed by atoms with Gasteiger partial charge in [0.25, 0.3) is 5.91 Å². The minimum Gasteiger partial charge on any atom is -0.497 e. The van der Waals surface area contributed by atoms with Crippen molar-refractivity contribution in [3.05, 3.63) is 70.7 Å². The summed E-state index contributed by atoms with van der Waals surface area (Å²) in [5.41, 5.74) is 1.69. The summed E-state index contributed by atoms with van der Waals surface area (Å²) in [5.74, 6) is 0.384. The lowest BCUT2D eigenvalue weighted by atomic mass is 9.96. The van der Waals surface area contributed by atoms with Crippen molar-refractivity contribution >= 4 is 34.5 Å². The largest absolute Gasteiger partial charge is 0.497 e. The van der Waals surface area contributed by atoms with Crippen LogP contribution in [0.3, 0.4) is 0 Å². The Labute approximate surface area is 191 Å². The molecule has 7 nitrogen and oxygen atoms in total. The Kier molecular flexibility index (Phi) is 7.14. The number of anilines is 2. The molecule has 0 saturated carbocycles. The number of ether oxygens (including phenoxy) is 1. The normalized spacial score (nSPS) is 14.7. The van der Waals surface area contributed by atoms with Crippen LogP contribution < -0.4 is 15.4 Å². The third-order valence-corrected chi connectivity index (χ3v) is 6.35. The van der Waals surface area contributed by atoms with Gasteiger partial charge >= 0.3 is 0 Å². The van der Waals surface area contributed by atoms with Crippen LogP contribution >= 0.6 is 11.3 Å². The van der Waals surface area contributed by atoms with Crippen LogP contribution in [0.1, 0.15) is 28.2 Å². The summed E-state index contributed by atoms with van der Waals surface area (Å²) >= 11 is 1.66. The van der Waals surface area contributed by atoms with Gasteiger partial charge in [0.15, 0.2) is 0 Å². The van der Waals surface area contributed by atoms with Gasteiger partial charge in [0.2, 0.25) is 5.91 Å². The van der Waals surface area contributed by atoms with Crippen molar-refractivity contribution in [2.75, 3.05) is 30.8 Å². The molecule has 4 rings (SSSR count). The van der Waals surface area contributed by atoms with Crippen molar-refractivity contribution in [2.24, 2.45) is 5.92 Å². The molecular formula is C24H26N4O3S. The third-order valence-electron chi connectivity index (χ3n) is 5.59. The number of nitrogens with zero attached hydrogens (tertiary/aromatic N) is 2. The first-order valence-electron chi connectivity index (χ1n) is 10.6. The van der Waals surface area contributed by atoms with E-state index in [0.717, 1.165) is 37.5 Å². The average molecular weight is 451 g/mol. The molecule has 1 saturated heterocycles. The number of amides is 2. The zero-order valence-corrected chi connectivity index (χ0v) is 18.7. The van der Waals surface area contributed by atoms with Crippen LogP contribution in [0.15, 0.2) is 60.1 Å². The fourth-order valence-corrected chi connectivity index (χ4v) is 4.41. The topological polar surface area (TPSA) is 83.6 Å². The highest BCUT2D eigenvalue weighted by molar-refractivity contribution is 7.09. The third kappa shape index (κ3) is 5.52. The number of hydrogen-bond donors (Lipinski definition) is 2. The number of thiazole rings is 1. The first-order chi connectivity index (χ1) is 15.6. The quantitative estimate of drug-likeness (QED) is 0.562. The monoisotopic (exact) mass is 450 g/mol. The minimum atomic E-state index is -0.246. The Morgan fingerprint density at radius 3 is 2.38 bits per heavy atom. The molecule has 1 aromatic heterocycles. The molecule has 8 heteroatoms. The van der Waals surface area contributed by atoms with Crippen LogP contribution in [0.5, 0.6) is 5.75 Å². The van der Waals surface area contributed by atoms with Crippen LogP contribution in [0.25, 0.3) is 0 Å². The molecular weight excluding hydrogens is 424 g/mol. The van der Waals surface area contributed by atoms with Gasteiger partial charge in [0.1, 0.15) is 10.8 Å². The molecule has 1 aliphatic rings. The van der Waals surface area contributed by atoms with Gasteiger partial charge in [-0.05, 0) is 62.3 Å².